The first-order chi connectivity index (χ1) is 8.68. The minimum Gasteiger partial charge on any atom is -0.469 e. The molecule has 1 rings (SSSR count). The zero-order valence-electron chi connectivity index (χ0n) is 12.3. The van der Waals surface area contributed by atoms with E-state index < -0.39 is 0 Å². The molecular weight excluding hydrogens is 232 g/mol. The Kier molecular flexibility index (Phi) is 30.0. The van der Waals surface area contributed by atoms with Crippen LogP contribution in [0.15, 0.2) is 36.4 Å². The lowest BCUT2D eigenvalue weighted by atomic mass is 10.4. The summed E-state index contributed by atoms with van der Waals surface area (Å²) in [6.07, 6.45) is 0. The van der Waals surface area contributed by atoms with Gasteiger partial charge in [-0.2, -0.15) is 0 Å². The standard InChI is InChI=1S/C6H6.C3H8O2.C3H6O2.C2H6/c1-2-4-6-5-3-1;1-4-3-5-2;1-3(4)5-2;1-2/h1-6H;3H2,1-2H3;1-2H3;1-2H3. The Hall–Kier alpha value is -1.39. The Morgan fingerprint density at radius 3 is 1.11 bits per heavy atom. The summed E-state index contributed by atoms with van der Waals surface area (Å²) in [5, 5.41) is 0. The van der Waals surface area contributed by atoms with E-state index >= 15 is 0 Å². The van der Waals surface area contributed by atoms with Crippen molar-refractivity contribution in [2.75, 3.05) is 28.1 Å². The second-order valence-corrected chi connectivity index (χ2v) is 2.55. The van der Waals surface area contributed by atoms with E-state index in [2.05, 4.69) is 14.2 Å². The second kappa shape index (κ2) is 24.7. The predicted molar refractivity (Wildman–Crippen MR) is 74.4 cm³/mol. The molecule has 0 heterocycles. The fourth-order valence-corrected chi connectivity index (χ4v) is 0.503. The summed E-state index contributed by atoms with van der Waals surface area (Å²) in [4.78, 5) is 9.59. The van der Waals surface area contributed by atoms with Crippen LogP contribution in [0.1, 0.15) is 20.8 Å². The summed E-state index contributed by atoms with van der Waals surface area (Å²) >= 11 is 0. The molecule has 106 valence electrons. The molecular formula is C14H26O4. The van der Waals surface area contributed by atoms with Gasteiger partial charge in [-0.05, 0) is 0 Å². The summed E-state index contributed by atoms with van der Waals surface area (Å²) in [6, 6.07) is 12.0. The largest absolute Gasteiger partial charge is 0.469 e. The van der Waals surface area contributed by atoms with Crippen molar-refractivity contribution in [2.24, 2.45) is 0 Å². The Bertz CT molecular complexity index is 196. The summed E-state index contributed by atoms with van der Waals surface area (Å²) in [7, 11) is 4.52. The molecule has 0 aliphatic heterocycles. The molecule has 0 N–H and O–H groups in total. The van der Waals surface area contributed by atoms with Gasteiger partial charge >= 0.3 is 5.97 Å². The van der Waals surface area contributed by atoms with Gasteiger partial charge in [-0.15, -0.1) is 0 Å². The molecule has 0 aromatic heterocycles. The Balaban J connectivity index is -0.000000177. The number of benzene rings is 1. The molecule has 1 aromatic carbocycles. The van der Waals surface area contributed by atoms with Crippen molar-refractivity contribution in [1.82, 2.24) is 0 Å². The van der Waals surface area contributed by atoms with Crippen LogP contribution in [-0.2, 0) is 19.0 Å². The van der Waals surface area contributed by atoms with E-state index in [1.807, 2.05) is 50.2 Å². The Morgan fingerprint density at radius 1 is 0.833 bits per heavy atom. The molecule has 4 heteroatoms. The SMILES string of the molecule is CC.COC(C)=O.COCOC.c1ccccc1. The molecule has 0 fully saturated rings. The van der Waals surface area contributed by atoms with E-state index in [1.165, 1.54) is 14.0 Å². The molecule has 0 bridgehead atoms. The summed E-state index contributed by atoms with van der Waals surface area (Å²) in [6.45, 7) is 5.75. The normalized spacial score (nSPS) is 7.22. The maximum Gasteiger partial charge on any atom is 0.302 e. The first-order valence-corrected chi connectivity index (χ1v) is 5.71. The maximum atomic E-state index is 9.59. The highest BCUT2D eigenvalue weighted by Crippen LogP contribution is 1.79. The van der Waals surface area contributed by atoms with Gasteiger partial charge < -0.3 is 14.2 Å². The number of carbonyl (C=O) groups excluding carboxylic acids is 1. The van der Waals surface area contributed by atoms with Crippen molar-refractivity contribution in [3.63, 3.8) is 0 Å². The Morgan fingerprint density at radius 2 is 1.06 bits per heavy atom. The molecule has 0 aliphatic carbocycles. The summed E-state index contributed by atoms with van der Waals surface area (Å²) in [5.74, 6) is -0.245. The number of hydrogen-bond acceptors (Lipinski definition) is 4. The van der Waals surface area contributed by atoms with Crippen molar-refractivity contribution < 1.29 is 19.0 Å². The molecule has 0 unspecified atom stereocenters. The highest BCUT2D eigenvalue weighted by molar-refractivity contribution is 5.65. The molecule has 0 saturated heterocycles. The minimum absolute atomic E-state index is 0.245. The van der Waals surface area contributed by atoms with Crippen LogP contribution < -0.4 is 0 Å². The topological polar surface area (TPSA) is 44.8 Å². The second-order valence-electron chi connectivity index (χ2n) is 2.55. The number of ether oxygens (including phenoxy) is 3. The van der Waals surface area contributed by atoms with Gasteiger partial charge in [-0.1, -0.05) is 50.2 Å². The predicted octanol–water partition coefficient (Wildman–Crippen LogP) is 3.13. The van der Waals surface area contributed by atoms with E-state index in [-0.39, 0.29) is 5.97 Å². The monoisotopic (exact) mass is 258 g/mol. The van der Waals surface area contributed by atoms with Gasteiger partial charge in [-0.25, -0.2) is 0 Å². The lowest BCUT2D eigenvalue weighted by molar-refractivity contribution is -0.137. The zero-order valence-corrected chi connectivity index (χ0v) is 12.3. The fourth-order valence-electron chi connectivity index (χ4n) is 0.503. The molecule has 1 aromatic rings. The van der Waals surface area contributed by atoms with Crippen LogP contribution in [0.2, 0.25) is 0 Å². The molecule has 0 amide bonds. The quantitative estimate of drug-likeness (QED) is 0.604. The lowest BCUT2D eigenvalue weighted by Crippen LogP contribution is -1.88. The van der Waals surface area contributed by atoms with Gasteiger partial charge in [-0.3, -0.25) is 4.79 Å². The van der Waals surface area contributed by atoms with Gasteiger partial charge in [0.05, 0.1) is 7.11 Å². The van der Waals surface area contributed by atoms with E-state index in [0.717, 1.165) is 0 Å². The number of carbonyl (C=O) groups is 1. The fraction of sp³-hybridized carbons (Fsp3) is 0.500. The van der Waals surface area contributed by atoms with Crippen molar-refractivity contribution in [1.29, 1.82) is 0 Å². The highest BCUT2D eigenvalue weighted by atomic mass is 16.6. The van der Waals surface area contributed by atoms with Crippen LogP contribution in [0.4, 0.5) is 0 Å². The van der Waals surface area contributed by atoms with Crippen molar-refractivity contribution in [3.8, 4) is 0 Å². The smallest absolute Gasteiger partial charge is 0.302 e. The molecule has 4 nitrogen and oxygen atoms in total. The molecule has 0 radical (unpaired) electrons. The van der Waals surface area contributed by atoms with Crippen LogP contribution in [0.3, 0.4) is 0 Å². The first kappa shape index (κ1) is 21.9. The molecule has 0 aliphatic rings. The number of hydrogen-bond donors (Lipinski definition) is 0. The number of methoxy groups -OCH3 is 3. The van der Waals surface area contributed by atoms with Gasteiger partial charge in [0.15, 0.2) is 0 Å². The van der Waals surface area contributed by atoms with Gasteiger partial charge in [0.25, 0.3) is 0 Å². The summed E-state index contributed by atoms with van der Waals surface area (Å²) < 4.78 is 13.0. The van der Waals surface area contributed by atoms with Crippen LogP contribution in [0.5, 0.6) is 0 Å². The highest BCUT2D eigenvalue weighted by Gasteiger charge is 1.75. The van der Waals surface area contributed by atoms with Gasteiger partial charge in [0.2, 0.25) is 0 Å². The van der Waals surface area contributed by atoms with Gasteiger partial charge in [0, 0.05) is 21.1 Å². The molecule has 0 saturated carbocycles. The average Bonchev–Trinajstić information content (AvgIpc) is 2.45. The van der Waals surface area contributed by atoms with Gasteiger partial charge in [0.1, 0.15) is 6.79 Å². The number of esters is 1. The summed E-state index contributed by atoms with van der Waals surface area (Å²) in [5.41, 5.74) is 0. The maximum absolute atomic E-state index is 9.59. The lowest BCUT2D eigenvalue weighted by Gasteiger charge is -1.87. The van der Waals surface area contributed by atoms with Crippen LogP contribution in [0.25, 0.3) is 0 Å². The van der Waals surface area contributed by atoms with Crippen molar-refractivity contribution in [3.05, 3.63) is 36.4 Å². The minimum atomic E-state index is -0.245. The van der Waals surface area contributed by atoms with E-state index in [0.29, 0.717) is 6.79 Å². The van der Waals surface area contributed by atoms with E-state index in [9.17, 15) is 4.79 Å². The third-order valence-corrected chi connectivity index (χ3v) is 1.19. The van der Waals surface area contributed by atoms with Crippen LogP contribution in [-0.4, -0.2) is 34.1 Å². The van der Waals surface area contributed by atoms with Crippen molar-refractivity contribution in [2.45, 2.75) is 20.8 Å². The Labute approximate surface area is 111 Å². The first-order valence-electron chi connectivity index (χ1n) is 5.71. The molecule has 0 spiro atoms. The number of rotatable bonds is 2. The molecule has 18 heavy (non-hydrogen) atoms. The zero-order chi connectivity index (χ0) is 14.6. The average molecular weight is 258 g/mol. The third kappa shape index (κ3) is 36.5. The van der Waals surface area contributed by atoms with Crippen LogP contribution >= 0.6 is 0 Å². The van der Waals surface area contributed by atoms with Crippen LogP contribution in [0, 0.1) is 0 Å². The third-order valence-electron chi connectivity index (χ3n) is 1.19. The van der Waals surface area contributed by atoms with E-state index in [4.69, 9.17) is 0 Å². The van der Waals surface area contributed by atoms with Crippen molar-refractivity contribution >= 4 is 5.97 Å². The molecule has 0 atom stereocenters. The van der Waals surface area contributed by atoms with E-state index in [1.54, 1.807) is 14.2 Å².